The number of hydrogen-bond acceptors (Lipinski definition) is 8. The van der Waals surface area contributed by atoms with Gasteiger partial charge in [0.15, 0.2) is 5.75 Å². The Kier molecular flexibility index (Phi) is 4.97. The van der Waals surface area contributed by atoms with Gasteiger partial charge in [0.1, 0.15) is 22.6 Å². The minimum Gasteiger partial charge on any atom is -0.468 e. The van der Waals surface area contributed by atoms with E-state index in [-0.39, 0.29) is 28.4 Å². The molecule has 1 aromatic heterocycles. The summed E-state index contributed by atoms with van der Waals surface area (Å²) in [6, 6.07) is 15.7. The highest BCUT2D eigenvalue weighted by molar-refractivity contribution is 6.02. The average Bonchev–Trinajstić information content (AvgIpc) is 2.78. The van der Waals surface area contributed by atoms with Gasteiger partial charge in [-0.1, -0.05) is 30.3 Å². The third-order valence-corrected chi connectivity index (χ3v) is 4.70. The van der Waals surface area contributed by atoms with Crippen molar-refractivity contribution in [3.63, 3.8) is 0 Å². The Balaban J connectivity index is 2.01. The zero-order valence-corrected chi connectivity index (χ0v) is 16.1. The van der Waals surface area contributed by atoms with Gasteiger partial charge in [0, 0.05) is 5.69 Å². The van der Waals surface area contributed by atoms with E-state index < -0.39 is 23.5 Å². The molecule has 1 atom stereocenters. The molecule has 30 heavy (non-hydrogen) atoms. The maximum Gasteiger partial charge on any atom is 0.344 e. The number of carbonyl (C=O) groups excluding carboxylic acids is 2. The minimum absolute atomic E-state index is 0.0355. The van der Waals surface area contributed by atoms with Gasteiger partial charge in [-0.3, -0.25) is 4.79 Å². The van der Waals surface area contributed by atoms with Crippen LogP contribution in [0, 0.1) is 0 Å². The molecule has 0 spiro atoms. The van der Waals surface area contributed by atoms with Gasteiger partial charge in [0.05, 0.1) is 19.6 Å². The molecule has 152 valence electrons. The zero-order chi connectivity index (χ0) is 21.3. The fourth-order valence-corrected chi connectivity index (χ4v) is 3.35. The number of esters is 2. The number of para-hydroxylation sites is 2. The standard InChI is InChI=1S/C22H17NO7/c1-27-20(24)15-16-18(13-10-6-7-11-14(13)29-22(16)26)30-19(17(15)21(25)28-2)23-12-8-4-3-5-9-12/h3-11,15,23H,1-2H3. The number of fused-ring (bicyclic) bond motifs is 3. The van der Waals surface area contributed by atoms with Crippen molar-refractivity contribution < 1.29 is 28.2 Å². The van der Waals surface area contributed by atoms with Crippen LogP contribution < -0.4 is 15.7 Å². The third-order valence-electron chi connectivity index (χ3n) is 4.70. The average molecular weight is 407 g/mol. The molecule has 2 heterocycles. The van der Waals surface area contributed by atoms with Crippen molar-refractivity contribution in [2.45, 2.75) is 5.92 Å². The topological polar surface area (TPSA) is 104 Å². The maximum absolute atomic E-state index is 12.8. The van der Waals surface area contributed by atoms with Gasteiger partial charge in [-0.05, 0) is 24.3 Å². The Morgan fingerprint density at radius 2 is 1.67 bits per heavy atom. The Morgan fingerprint density at radius 1 is 0.967 bits per heavy atom. The highest BCUT2D eigenvalue weighted by atomic mass is 16.5. The highest BCUT2D eigenvalue weighted by Gasteiger charge is 2.44. The normalized spacial score (nSPS) is 15.2. The number of hydrogen-bond donors (Lipinski definition) is 1. The fourth-order valence-electron chi connectivity index (χ4n) is 3.35. The number of nitrogens with one attached hydrogen (secondary N) is 1. The monoisotopic (exact) mass is 407 g/mol. The highest BCUT2D eigenvalue weighted by Crippen LogP contribution is 2.42. The molecule has 0 bridgehead atoms. The first-order valence-corrected chi connectivity index (χ1v) is 9.01. The van der Waals surface area contributed by atoms with Crippen molar-refractivity contribution in [2.75, 3.05) is 19.5 Å². The van der Waals surface area contributed by atoms with Crippen LogP contribution in [0.1, 0.15) is 11.5 Å². The molecule has 8 heteroatoms. The summed E-state index contributed by atoms with van der Waals surface area (Å²) in [6.07, 6.45) is 0. The molecule has 1 aliphatic heterocycles. The zero-order valence-electron chi connectivity index (χ0n) is 16.1. The first-order chi connectivity index (χ1) is 14.5. The molecule has 3 aromatic rings. The first kappa shape index (κ1) is 19.3. The Labute approximate surface area is 170 Å². The predicted molar refractivity (Wildman–Crippen MR) is 107 cm³/mol. The Bertz CT molecular complexity index is 1230. The van der Waals surface area contributed by atoms with E-state index in [0.717, 1.165) is 0 Å². The molecule has 0 radical (unpaired) electrons. The quantitative estimate of drug-likeness (QED) is 0.520. The molecule has 1 aliphatic rings. The molecule has 0 fully saturated rings. The maximum atomic E-state index is 12.8. The minimum atomic E-state index is -1.39. The Hall–Kier alpha value is -4.07. The molecule has 2 aromatic carbocycles. The second-order valence-corrected chi connectivity index (χ2v) is 6.41. The van der Waals surface area contributed by atoms with E-state index in [2.05, 4.69) is 5.32 Å². The van der Waals surface area contributed by atoms with E-state index in [1.165, 1.54) is 14.2 Å². The largest absolute Gasteiger partial charge is 0.468 e. The third kappa shape index (κ3) is 3.18. The number of rotatable bonds is 4. The summed E-state index contributed by atoms with van der Waals surface area (Å²) in [7, 11) is 2.33. The summed E-state index contributed by atoms with van der Waals surface area (Å²) in [5.74, 6) is -2.98. The first-order valence-electron chi connectivity index (χ1n) is 9.01. The van der Waals surface area contributed by atoms with Crippen LogP contribution in [0.25, 0.3) is 11.0 Å². The van der Waals surface area contributed by atoms with Crippen LogP contribution in [-0.4, -0.2) is 26.2 Å². The number of carbonyl (C=O) groups is 2. The van der Waals surface area contributed by atoms with Crippen molar-refractivity contribution in [3.05, 3.63) is 82.0 Å². The number of anilines is 1. The van der Waals surface area contributed by atoms with Gasteiger partial charge < -0.3 is 23.9 Å². The summed E-state index contributed by atoms with van der Waals surface area (Å²) in [6.45, 7) is 0. The number of ether oxygens (including phenoxy) is 3. The van der Waals surface area contributed by atoms with E-state index >= 15 is 0 Å². The fraction of sp³-hybridized carbons (Fsp3) is 0.136. The van der Waals surface area contributed by atoms with Gasteiger partial charge >= 0.3 is 17.6 Å². The van der Waals surface area contributed by atoms with Crippen LogP contribution in [0.15, 0.2) is 75.3 Å². The summed E-state index contributed by atoms with van der Waals surface area (Å²) in [5, 5.41) is 3.47. The molecule has 0 amide bonds. The summed E-state index contributed by atoms with van der Waals surface area (Å²) in [4.78, 5) is 38.1. The molecular formula is C22H17NO7. The number of methoxy groups -OCH3 is 2. The molecule has 1 N–H and O–H groups in total. The van der Waals surface area contributed by atoms with Gasteiger partial charge in [-0.2, -0.15) is 0 Å². The van der Waals surface area contributed by atoms with Crippen LogP contribution in [-0.2, 0) is 19.1 Å². The summed E-state index contributed by atoms with van der Waals surface area (Å²) < 4.78 is 21.1. The molecule has 0 saturated heterocycles. The van der Waals surface area contributed by atoms with Gasteiger partial charge in [0.25, 0.3) is 0 Å². The lowest BCUT2D eigenvalue weighted by Crippen LogP contribution is -2.34. The van der Waals surface area contributed by atoms with Crippen LogP contribution >= 0.6 is 0 Å². The SMILES string of the molecule is COC(=O)C1=C(Nc2ccccc2)Oc2c(c(=O)oc3ccccc23)C1C(=O)OC. The van der Waals surface area contributed by atoms with E-state index in [0.29, 0.717) is 11.1 Å². The molecule has 0 aliphatic carbocycles. The summed E-state index contributed by atoms with van der Waals surface area (Å²) in [5.41, 5.74) is -0.235. The summed E-state index contributed by atoms with van der Waals surface area (Å²) >= 11 is 0. The van der Waals surface area contributed by atoms with Gasteiger partial charge in [-0.15, -0.1) is 0 Å². The van der Waals surface area contributed by atoms with Crippen molar-refractivity contribution in [2.24, 2.45) is 0 Å². The van der Waals surface area contributed by atoms with Gasteiger partial charge in [-0.25, -0.2) is 9.59 Å². The van der Waals surface area contributed by atoms with Crippen LogP contribution in [0.4, 0.5) is 5.69 Å². The number of benzene rings is 2. The lowest BCUT2D eigenvalue weighted by Gasteiger charge is -2.28. The van der Waals surface area contributed by atoms with E-state index in [1.807, 2.05) is 6.07 Å². The molecule has 8 nitrogen and oxygen atoms in total. The molecule has 4 rings (SSSR count). The van der Waals surface area contributed by atoms with Crippen molar-refractivity contribution in [1.29, 1.82) is 0 Å². The van der Waals surface area contributed by atoms with Crippen molar-refractivity contribution in [3.8, 4) is 5.75 Å². The van der Waals surface area contributed by atoms with Gasteiger partial charge in [0.2, 0.25) is 5.88 Å². The Morgan fingerprint density at radius 3 is 2.37 bits per heavy atom. The predicted octanol–water partition coefficient (Wildman–Crippen LogP) is 2.94. The van der Waals surface area contributed by atoms with Crippen LogP contribution in [0.3, 0.4) is 0 Å². The second-order valence-electron chi connectivity index (χ2n) is 6.41. The molecule has 1 unspecified atom stereocenters. The van der Waals surface area contributed by atoms with Crippen LogP contribution in [0.5, 0.6) is 5.75 Å². The van der Waals surface area contributed by atoms with E-state index in [4.69, 9.17) is 18.6 Å². The molecular weight excluding hydrogens is 390 g/mol. The molecule has 0 saturated carbocycles. The van der Waals surface area contributed by atoms with E-state index in [9.17, 15) is 14.4 Å². The van der Waals surface area contributed by atoms with Crippen molar-refractivity contribution in [1.82, 2.24) is 0 Å². The second kappa shape index (κ2) is 7.75. The lowest BCUT2D eigenvalue weighted by atomic mass is 9.88. The van der Waals surface area contributed by atoms with Crippen LogP contribution in [0.2, 0.25) is 0 Å². The van der Waals surface area contributed by atoms with Crippen molar-refractivity contribution >= 4 is 28.6 Å². The smallest absolute Gasteiger partial charge is 0.344 e. The lowest BCUT2D eigenvalue weighted by molar-refractivity contribution is -0.145. The van der Waals surface area contributed by atoms with E-state index in [1.54, 1.807) is 48.5 Å².